The molecule has 0 unspecified atom stereocenters. The van der Waals surface area contributed by atoms with Crippen LogP contribution >= 0.6 is 0 Å². The van der Waals surface area contributed by atoms with Crippen LogP contribution in [0.3, 0.4) is 0 Å². The molecule has 3 aromatic rings. The fourth-order valence-corrected chi connectivity index (χ4v) is 1.88. The van der Waals surface area contributed by atoms with E-state index in [0.717, 1.165) is 0 Å². The molecular weight excluding hydrogens is 285 g/mol. The van der Waals surface area contributed by atoms with Gasteiger partial charge in [0.05, 0.1) is 6.20 Å². The van der Waals surface area contributed by atoms with Crippen LogP contribution in [0.2, 0.25) is 0 Å². The standard InChI is InChI=1S/C14H9F3N2O2/c1-8-19-11(12(20-8)14(15,16)17)13-18-7-10(21-13)9-5-3-2-4-6-9/h2-7H,1H3. The Morgan fingerprint density at radius 2 is 1.76 bits per heavy atom. The topological polar surface area (TPSA) is 52.1 Å². The van der Waals surface area contributed by atoms with Gasteiger partial charge in [-0.3, -0.25) is 0 Å². The van der Waals surface area contributed by atoms with E-state index in [9.17, 15) is 13.2 Å². The third-order valence-electron chi connectivity index (χ3n) is 2.76. The number of rotatable bonds is 2. The number of aryl methyl sites for hydroxylation is 1. The molecule has 21 heavy (non-hydrogen) atoms. The maximum Gasteiger partial charge on any atom is 0.452 e. The molecule has 108 valence electrons. The third-order valence-corrected chi connectivity index (χ3v) is 2.76. The quantitative estimate of drug-likeness (QED) is 0.706. The second-order valence-corrected chi connectivity index (χ2v) is 4.30. The van der Waals surface area contributed by atoms with Gasteiger partial charge in [-0.2, -0.15) is 13.2 Å². The van der Waals surface area contributed by atoms with Gasteiger partial charge < -0.3 is 8.83 Å². The number of alkyl halides is 3. The first kappa shape index (κ1) is 13.4. The second kappa shape index (κ2) is 4.76. The van der Waals surface area contributed by atoms with Gasteiger partial charge in [-0.1, -0.05) is 30.3 Å². The Bertz CT molecular complexity index is 760. The SMILES string of the molecule is Cc1nc(-c2ncc(-c3ccccc3)o2)c(C(F)(F)F)o1. The molecule has 2 aromatic heterocycles. The highest BCUT2D eigenvalue weighted by molar-refractivity contribution is 5.60. The molecule has 0 aliphatic heterocycles. The molecule has 0 N–H and O–H groups in total. The lowest BCUT2D eigenvalue weighted by Gasteiger charge is -2.02. The van der Waals surface area contributed by atoms with Gasteiger partial charge in [0.2, 0.25) is 11.7 Å². The average Bonchev–Trinajstić information content (AvgIpc) is 3.05. The van der Waals surface area contributed by atoms with Gasteiger partial charge in [0.15, 0.2) is 17.3 Å². The van der Waals surface area contributed by atoms with Gasteiger partial charge in [0, 0.05) is 12.5 Å². The molecule has 0 amide bonds. The molecule has 0 aliphatic rings. The number of halogens is 3. The van der Waals surface area contributed by atoms with E-state index in [4.69, 9.17) is 4.42 Å². The maximum absolute atomic E-state index is 12.9. The summed E-state index contributed by atoms with van der Waals surface area (Å²) >= 11 is 0. The highest BCUT2D eigenvalue weighted by Crippen LogP contribution is 2.37. The minimum absolute atomic E-state index is 0.100. The lowest BCUT2D eigenvalue weighted by Crippen LogP contribution is -2.05. The Balaban J connectivity index is 2.05. The lowest BCUT2D eigenvalue weighted by atomic mass is 10.2. The van der Waals surface area contributed by atoms with E-state index in [1.165, 1.54) is 13.1 Å². The van der Waals surface area contributed by atoms with Crippen LogP contribution in [-0.4, -0.2) is 9.97 Å². The summed E-state index contributed by atoms with van der Waals surface area (Å²) in [5, 5.41) is 0. The predicted octanol–water partition coefficient (Wildman–Crippen LogP) is 4.32. The summed E-state index contributed by atoms with van der Waals surface area (Å²) in [5.74, 6) is -1.17. The minimum atomic E-state index is -4.65. The van der Waals surface area contributed by atoms with Crippen molar-refractivity contribution in [3.8, 4) is 22.9 Å². The summed E-state index contributed by atoms with van der Waals surface area (Å²) in [6, 6.07) is 8.94. The first-order valence-electron chi connectivity index (χ1n) is 6.01. The van der Waals surface area contributed by atoms with Gasteiger partial charge in [-0.05, 0) is 0 Å². The Labute approximate surface area is 117 Å². The summed E-state index contributed by atoms with van der Waals surface area (Å²) < 4.78 is 48.6. The fraction of sp³-hybridized carbons (Fsp3) is 0.143. The van der Waals surface area contributed by atoms with Crippen LogP contribution in [-0.2, 0) is 6.18 Å². The number of oxazole rings is 2. The van der Waals surface area contributed by atoms with E-state index in [2.05, 4.69) is 14.4 Å². The molecule has 0 aliphatic carbocycles. The Morgan fingerprint density at radius 1 is 1.05 bits per heavy atom. The predicted molar refractivity (Wildman–Crippen MR) is 67.2 cm³/mol. The number of aromatic nitrogens is 2. The van der Waals surface area contributed by atoms with Gasteiger partial charge in [-0.15, -0.1) is 0 Å². The zero-order chi connectivity index (χ0) is 15.0. The molecule has 3 rings (SSSR count). The summed E-state index contributed by atoms with van der Waals surface area (Å²) in [7, 11) is 0. The van der Waals surface area contributed by atoms with E-state index in [-0.39, 0.29) is 11.8 Å². The molecule has 0 bridgehead atoms. The Kier molecular flexibility index (Phi) is 3.04. The van der Waals surface area contributed by atoms with Crippen molar-refractivity contribution < 1.29 is 22.0 Å². The first-order valence-corrected chi connectivity index (χ1v) is 6.01. The zero-order valence-corrected chi connectivity index (χ0v) is 10.8. The van der Waals surface area contributed by atoms with Crippen LogP contribution < -0.4 is 0 Å². The molecule has 0 atom stereocenters. The molecule has 0 spiro atoms. The average molecular weight is 294 g/mol. The van der Waals surface area contributed by atoms with Gasteiger partial charge in [0.1, 0.15) is 0 Å². The van der Waals surface area contributed by atoms with Crippen LogP contribution in [0.5, 0.6) is 0 Å². The minimum Gasteiger partial charge on any atom is -0.436 e. The Morgan fingerprint density at radius 3 is 2.43 bits per heavy atom. The highest BCUT2D eigenvalue weighted by atomic mass is 19.4. The van der Waals surface area contributed by atoms with Crippen LogP contribution in [0.4, 0.5) is 13.2 Å². The van der Waals surface area contributed by atoms with Crippen molar-refractivity contribution in [2.75, 3.05) is 0 Å². The fourth-order valence-electron chi connectivity index (χ4n) is 1.88. The van der Waals surface area contributed by atoms with Crippen molar-refractivity contribution in [2.45, 2.75) is 13.1 Å². The number of hydrogen-bond acceptors (Lipinski definition) is 4. The highest BCUT2D eigenvalue weighted by Gasteiger charge is 2.41. The summed E-state index contributed by atoms with van der Waals surface area (Å²) in [6.45, 7) is 1.33. The molecule has 0 saturated carbocycles. The molecule has 2 heterocycles. The normalized spacial score (nSPS) is 11.8. The van der Waals surface area contributed by atoms with Crippen molar-refractivity contribution in [2.24, 2.45) is 0 Å². The lowest BCUT2D eigenvalue weighted by molar-refractivity contribution is -0.152. The van der Waals surface area contributed by atoms with Crippen molar-refractivity contribution >= 4 is 0 Å². The first-order chi connectivity index (χ1) is 9.95. The molecular formula is C14H9F3N2O2. The van der Waals surface area contributed by atoms with E-state index in [0.29, 0.717) is 11.3 Å². The van der Waals surface area contributed by atoms with Gasteiger partial charge >= 0.3 is 6.18 Å². The zero-order valence-electron chi connectivity index (χ0n) is 10.8. The van der Waals surface area contributed by atoms with Crippen LogP contribution in [0, 0.1) is 6.92 Å². The van der Waals surface area contributed by atoms with Gasteiger partial charge in [0.25, 0.3) is 0 Å². The molecule has 4 nitrogen and oxygen atoms in total. The third kappa shape index (κ3) is 2.54. The number of hydrogen-bond donors (Lipinski definition) is 0. The van der Waals surface area contributed by atoms with E-state index in [1.54, 1.807) is 24.3 Å². The smallest absolute Gasteiger partial charge is 0.436 e. The van der Waals surface area contributed by atoms with E-state index in [1.807, 2.05) is 6.07 Å². The van der Waals surface area contributed by atoms with Crippen LogP contribution in [0.15, 0.2) is 45.4 Å². The summed E-state index contributed by atoms with van der Waals surface area (Å²) in [6.07, 6.45) is -3.30. The molecule has 0 fully saturated rings. The number of benzene rings is 1. The van der Waals surface area contributed by atoms with E-state index < -0.39 is 17.6 Å². The van der Waals surface area contributed by atoms with Crippen molar-refractivity contribution in [3.63, 3.8) is 0 Å². The van der Waals surface area contributed by atoms with Crippen LogP contribution in [0.1, 0.15) is 11.7 Å². The van der Waals surface area contributed by atoms with E-state index >= 15 is 0 Å². The number of nitrogens with zero attached hydrogens (tertiary/aromatic N) is 2. The molecule has 0 radical (unpaired) electrons. The molecule has 1 aromatic carbocycles. The monoisotopic (exact) mass is 294 g/mol. The van der Waals surface area contributed by atoms with Crippen molar-refractivity contribution in [3.05, 3.63) is 48.2 Å². The summed E-state index contributed by atoms with van der Waals surface area (Å²) in [5.41, 5.74) is 0.271. The Hall–Kier alpha value is -2.57. The van der Waals surface area contributed by atoms with Crippen LogP contribution in [0.25, 0.3) is 22.9 Å². The van der Waals surface area contributed by atoms with Gasteiger partial charge in [-0.25, -0.2) is 9.97 Å². The molecule has 7 heteroatoms. The summed E-state index contributed by atoms with van der Waals surface area (Å²) in [4.78, 5) is 7.57. The maximum atomic E-state index is 12.9. The van der Waals surface area contributed by atoms with Crippen molar-refractivity contribution in [1.82, 2.24) is 9.97 Å². The second-order valence-electron chi connectivity index (χ2n) is 4.30. The largest absolute Gasteiger partial charge is 0.452 e. The van der Waals surface area contributed by atoms with Crippen molar-refractivity contribution in [1.29, 1.82) is 0 Å². The molecule has 0 saturated heterocycles.